The van der Waals surface area contributed by atoms with E-state index in [4.69, 9.17) is 11.6 Å². The van der Waals surface area contributed by atoms with Crippen molar-refractivity contribution in [1.82, 2.24) is 15.1 Å². The number of rotatable bonds is 5. The lowest BCUT2D eigenvalue weighted by atomic mass is 10.2. The van der Waals surface area contributed by atoms with E-state index in [-0.39, 0.29) is 5.91 Å². The number of benzene rings is 1. The summed E-state index contributed by atoms with van der Waals surface area (Å²) in [6, 6.07) is 7.49. The number of aromatic nitrogens is 2. The van der Waals surface area contributed by atoms with Gasteiger partial charge < -0.3 is 4.90 Å². The van der Waals surface area contributed by atoms with Crippen molar-refractivity contribution in [2.45, 2.75) is 10.9 Å². The molecule has 1 aromatic carbocycles. The minimum Gasteiger partial charge on any atom is -0.341 e. The van der Waals surface area contributed by atoms with Gasteiger partial charge in [-0.1, -0.05) is 46.8 Å². The number of amides is 1. The maximum atomic E-state index is 11.9. The molecule has 0 aliphatic carbocycles. The van der Waals surface area contributed by atoms with E-state index >= 15 is 0 Å². The minimum absolute atomic E-state index is 0.0650. The van der Waals surface area contributed by atoms with Crippen molar-refractivity contribution in [2.24, 2.45) is 0 Å². The van der Waals surface area contributed by atoms with Crippen LogP contribution in [0.1, 0.15) is 5.56 Å². The van der Waals surface area contributed by atoms with Crippen LogP contribution in [0, 0.1) is 0 Å². The summed E-state index contributed by atoms with van der Waals surface area (Å²) in [5.41, 5.74) is 2.71. The normalized spacial score (nSPS) is 10.4. The molecular weight excluding hydrogens is 302 g/mol. The highest BCUT2D eigenvalue weighted by atomic mass is 35.5. The third-order valence-corrected chi connectivity index (χ3v) is 4.51. The Morgan fingerprint density at radius 2 is 2.16 bits per heavy atom. The third-order valence-electron chi connectivity index (χ3n) is 2.42. The molecule has 0 saturated carbocycles. The average Bonchev–Trinajstić information content (AvgIpc) is 2.91. The van der Waals surface area contributed by atoms with Crippen LogP contribution in [0.5, 0.6) is 0 Å². The summed E-state index contributed by atoms with van der Waals surface area (Å²) < 4.78 is 0.813. The lowest BCUT2D eigenvalue weighted by Gasteiger charge is -2.16. The summed E-state index contributed by atoms with van der Waals surface area (Å²) in [6.07, 6.45) is 0. The van der Waals surface area contributed by atoms with Gasteiger partial charge in [0, 0.05) is 18.6 Å². The summed E-state index contributed by atoms with van der Waals surface area (Å²) in [6.45, 7) is 0.576. The predicted octanol–water partition coefficient (Wildman–Crippen LogP) is 2.94. The summed E-state index contributed by atoms with van der Waals surface area (Å²) in [5.74, 6) is 0.439. The molecule has 0 N–H and O–H groups in total. The van der Waals surface area contributed by atoms with Crippen molar-refractivity contribution in [3.05, 3.63) is 40.4 Å². The highest BCUT2D eigenvalue weighted by Gasteiger charge is 2.11. The van der Waals surface area contributed by atoms with Crippen LogP contribution in [0.3, 0.4) is 0 Å². The van der Waals surface area contributed by atoms with Crippen LogP contribution < -0.4 is 0 Å². The topological polar surface area (TPSA) is 46.1 Å². The van der Waals surface area contributed by atoms with E-state index in [0.717, 1.165) is 9.90 Å². The van der Waals surface area contributed by atoms with Crippen LogP contribution >= 0.6 is 34.7 Å². The zero-order chi connectivity index (χ0) is 13.7. The van der Waals surface area contributed by atoms with Crippen LogP contribution in [-0.2, 0) is 11.3 Å². The molecule has 0 radical (unpaired) electrons. The molecule has 0 aliphatic heterocycles. The molecule has 0 bridgehead atoms. The number of hydrogen-bond donors (Lipinski definition) is 0. The summed E-state index contributed by atoms with van der Waals surface area (Å²) >= 11 is 8.67. The monoisotopic (exact) mass is 313 g/mol. The van der Waals surface area contributed by atoms with E-state index in [1.54, 1.807) is 17.5 Å². The van der Waals surface area contributed by atoms with Gasteiger partial charge in [0.15, 0.2) is 4.34 Å². The predicted molar refractivity (Wildman–Crippen MR) is 78.6 cm³/mol. The number of carbonyl (C=O) groups excluding carboxylic acids is 1. The standard InChI is InChI=1S/C12H12ClN3OS2/c1-16(6-9-2-4-10(13)5-3-9)11(17)7-18-12-15-14-8-19-12/h2-5,8H,6-7H2,1H3. The highest BCUT2D eigenvalue weighted by Crippen LogP contribution is 2.19. The number of thioether (sulfide) groups is 1. The summed E-state index contributed by atoms with van der Waals surface area (Å²) in [7, 11) is 1.79. The first-order chi connectivity index (χ1) is 9.15. The number of nitrogens with zero attached hydrogens (tertiary/aromatic N) is 3. The number of hydrogen-bond acceptors (Lipinski definition) is 5. The Morgan fingerprint density at radius 3 is 2.79 bits per heavy atom. The van der Waals surface area contributed by atoms with E-state index < -0.39 is 0 Å². The van der Waals surface area contributed by atoms with E-state index in [0.29, 0.717) is 17.3 Å². The first-order valence-electron chi connectivity index (χ1n) is 5.52. The van der Waals surface area contributed by atoms with Gasteiger partial charge in [-0.05, 0) is 17.7 Å². The van der Waals surface area contributed by atoms with Crippen LogP contribution in [0.15, 0.2) is 34.1 Å². The molecule has 0 unspecified atom stereocenters. The Bertz CT molecular complexity index is 530. The van der Waals surface area contributed by atoms with Gasteiger partial charge in [0.25, 0.3) is 0 Å². The lowest BCUT2D eigenvalue weighted by molar-refractivity contribution is -0.127. The van der Waals surface area contributed by atoms with Crippen LogP contribution in [0.4, 0.5) is 0 Å². The molecular formula is C12H12ClN3OS2. The molecule has 0 fully saturated rings. The molecule has 7 heteroatoms. The zero-order valence-corrected chi connectivity index (χ0v) is 12.6. The number of carbonyl (C=O) groups is 1. The Labute approximate surface area is 124 Å². The molecule has 19 heavy (non-hydrogen) atoms. The molecule has 2 aromatic rings. The van der Waals surface area contributed by atoms with E-state index in [1.165, 1.54) is 23.1 Å². The first-order valence-corrected chi connectivity index (χ1v) is 7.77. The van der Waals surface area contributed by atoms with E-state index in [9.17, 15) is 4.79 Å². The second kappa shape index (κ2) is 6.88. The molecule has 2 rings (SSSR count). The summed E-state index contributed by atoms with van der Waals surface area (Å²) in [4.78, 5) is 13.6. The highest BCUT2D eigenvalue weighted by molar-refractivity contribution is 8.01. The molecule has 1 aromatic heterocycles. The van der Waals surface area contributed by atoms with E-state index in [1.807, 2.05) is 24.3 Å². The van der Waals surface area contributed by atoms with Gasteiger partial charge in [-0.15, -0.1) is 10.2 Å². The fraction of sp³-hybridized carbons (Fsp3) is 0.250. The number of halogens is 1. The van der Waals surface area contributed by atoms with Gasteiger partial charge >= 0.3 is 0 Å². The lowest BCUT2D eigenvalue weighted by Crippen LogP contribution is -2.27. The smallest absolute Gasteiger partial charge is 0.233 e. The third kappa shape index (κ3) is 4.49. The van der Waals surface area contributed by atoms with Crippen molar-refractivity contribution < 1.29 is 4.79 Å². The van der Waals surface area contributed by atoms with Crippen molar-refractivity contribution in [1.29, 1.82) is 0 Å². The fourth-order valence-electron chi connectivity index (χ4n) is 1.41. The second-order valence-electron chi connectivity index (χ2n) is 3.87. The van der Waals surface area contributed by atoms with Crippen LogP contribution in [0.2, 0.25) is 5.02 Å². The molecule has 0 aliphatic rings. The second-order valence-corrected chi connectivity index (χ2v) is 6.36. The Hall–Kier alpha value is -1.11. The molecule has 0 saturated heterocycles. The maximum Gasteiger partial charge on any atom is 0.233 e. The quantitative estimate of drug-likeness (QED) is 0.796. The SMILES string of the molecule is CN(Cc1ccc(Cl)cc1)C(=O)CSc1nncs1. The van der Waals surface area contributed by atoms with Gasteiger partial charge in [0.05, 0.1) is 5.75 Å². The van der Waals surface area contributed by atoms with Crippen LogP contribution in [-0.4, -0.2) is 33.8 Å². The van der Waals surface area contributed by atoms with Crippen molar-refractivity contribution in [3.63, 3.8) is 0 Å². The molecule has 4 nitrogen and oxygen atoms in total. The minimum atomic E-state index is 0.0650. The van der Waals surface area contributed by atoms with Crippen molar-refractivity contribution in [3.8, 4) is 0 Å². The average molecular weight is 314 g/mol. The summed E-state index contributed by atoms with van der Waals surface area (Å²) in [5, 5.41) is 8.32. The molecule has 1 heterocycles. The van der Waals surface area contributed by atoms with Crippen molar-refractivity contribution in [2.75, 3.05) is 12.8 Å². The van der Waals surface area contributed by atoms with Gasteiger partial charge in [0.1, 0.15) is 5.51 Å². The zero-order valence-electron chi connectivity index (χ0n) is 10.2. The Kier molecular flexibility index (Phi) is 5.18. The fourth-order valence-corrected chi connectivity index (χ4v) is 2.97. The van der Waals surface area contributed by atoms with E-state index in [2.05, 4.69) is 10.2 Å². The maximum absolute atomic E-state index is 11.9. The molecule has 100 valence electrons. The van der Waals surface area contributed by atoms with Gasteiger partial charge in [0.2, 0.25) is 5.91 Å². The van der Waals surface area contributed by atoms with Crippen molar-refractivity contribution >= 4 is 40.6 Å². The van der Waals surface area contributed by atoms with Gasteiger partial charge in [-0.2, -0.15) is 0 Å². The largest absolute Gasteiger partial charge is 0.341 e. The molecule has 0 spiro atoms. The van der Waals surface area contributed by atoms with Crippen LogP contribution in [0.25, 0.3) is 0 Å². The van der Waals surface area contributed by atoms with Gasteiger partial charge in [-0.3, -0.25) is 4.79 Å². The molecule has 1 amide bonds. The molecule has 0 atom stereocenters. The Balaban J connectivity index is 1.83. The van der Waals surface area contributed by atoms with Gasteiger partial charge in [-0.25, -0.2) is 0 Å². The first kappa shape index (κ1) is 14.3. The Morgan fingerprint density at radius 1 is 1.42 bits per heavy atom.